The molecule has 0 aromatic carbocycles. The van der Waals surface area contributed by atoms with Crippen LogP contribution in [0.4, 0.5) is 0 Å². The molecule has 0 aromatic heterocycles. The molecular weight excluding hydrogens is 280 g/mol. The Morgan fingerprint density at radius 2 is 1.14 bits per heavy atom. The van der Waals surface area contributed by atoms with Gasteiger partial charge in [0.05, 0.1) is 0 Å². The van der Waals surface area contributed by atoms with Crippen LogP contribution in [-0.4, -0.2) is 25.2 Å². The van der Waals surface area contributed by atoms with Crippen LogP contribution in [0.25, 0.3) is 0 Å². The average Bonchev–Trinajstić information content (AvgIpc) is 2.51. The maximum Gasteiger partial charge on any atom is 0.306 e. The van der Waals surface area contributed by atoms with Crippen LogP contribution >= 0.6 is 0 Å². The molecular formula is C18H26O4. The van der Waals surface area contributed by atoms with Crippen LogP contribution in [0.3, 0.4) is 0 Å². The van der Waals surface area contributed by atoms with Crippen molar-refractivity contribution in [2.45, 2.75) is 39.5 Å². The van der Waals surface area contributed by atoms with E-state index in [0.717, 1.165) is 0 Å². The van der Waals surface area contributed by atoms with Gasteiger partial charge >= 0.3 is 11.9 Å². The Labute approximate surface area is 133 Å². The van der Waals surface area contributed by atoms with Crippen molar-refractivity contribution in [1.82, 2.24) is 0 Å². The molecule has 0 saturated carbocycles. The van der Waals surface area contributed by atoms with Crippen molar-refractivity contribution in [3.63, 3.8) is 0 Å². The van der Waals surface area contributed by atoms with Crippen molar-refractivity contribution in [1.29, 1.82) is 0 Å². The SMILES string of the molecule is C/C=C/C=C/COC(=O)CCCCC(=O)OC/C=C/C=C/C. The van der Waals surface area contributed by atoms with Gasteiger partial charge in [-0.05, 0) is 38.8 Å². The Bertz CT molecular complexity index is 377. The monoisotopic (exact) mass is 306 g/mol. The number of allylic oxidation sites excluding steroid dienone is 6. The van der Waals surface area contributed by atoms with Gasteiger partial charge in [0.25, 0.3) is 0 Å². The van der Waals surface area contributed by atoms with Gasteiger partial charge in [-0.1, -0.05) is 36.5 Å². The van der Waals surface area contributed by atoms with Crippen LogP contribution in [0.1, 0.15) is 39.5 Å². The van der Waals surface area contributed by atoms with Crippen LogP contribution in [0.2, 0.25) is 0 Å². The highest BCUT2D eigenvalue weighted by Crippen LogP contribution is 2.03. The Balaban J connectivity index is 3.54. The normalized spacial score (nSPS) is 11.9. The lowest BCUT2D eigenvalue weighted by molar-refractivity contribution is -0.144. The highest BCUT2D eigenvalue weighted by Gasteiger charge is 2.04. The van der Waals surface area contributed by atoms with Crippen molar-refractivity contribution in [2.75, 3.05) is 13.2 Å². The van der Waals surface area contributed by atoms with Crippen molar-refractivity contribution in [2.24, 2.45) is 0 Å². The number of unbranched alkanes of at least 4 members (excludes halogenated alkanes) is 1. The molecule has 0 N–H and O–H groups in total. The van der Waals surface area contributed by atoms with E-state index in [1.807, 2.05) is 50.3 Å². The number of rotatable bonds is 11. The van der Waals surface area contributed by atoms with E-state index in [1.54, 1.807) is 12.2 Å². The molecule has 0 atom stereocenters. The second-order valence-electron chi connectivity index (χ2n) is 4.48. The highest BCUT2D eigenvalue weighted by molar-refractivity contribution is 5.70. The van der Waals surface area contributed by atoms with Gasteiger partial charge in [0.1, 0.15) is 13.2 Å². The van der Waals surface area contributed by atoms with Crippen molar-refractivity contribution < 1.29 is 19.1 Å². The minimum absolute atomic E-state index is 0.243. The molecule has 0 spiro atoms. The molecule has 0 aliphatic heterocycles. The zero-order chi connectivity index (χ0) is 16.5. The summed E-state index contributed by atoms with van der Waals surface area (Å²) in [5.41, 5.74) is 0. The van der Waals surface area contributed by atoms with E-state index in [0.29, 0.717) is 25.7 Å². The molecule has 122 valence electrons. The molecule has 4 nitrogen and oxygen atoms in total. The summed E-state index contributed by atoms with van der Waals surface area (Å²) in [7, 11) is 0. The lowest BCUT2D eigenvalue weighted by Crippen LogP contribution is -2.06. The minimum atomic E-state index is -0.243. The molecule has 0 aromatic rings. The number of esters is 2. The Hall–Kier alpha value is -2.10. The van der Waals surface area contributed by atoms with Gasteiger partial charge in [0.2, 0.25) is 0 Å². The predicted molar refractivity (Wildman–Crippen MR) is 88.3 cm³/mol. The first kappa shape index (κ1) is 19.9. The van der Waals surface area contributed by atoms with Gasteiger partial charge in [0, 0.05) is 12.8 Å². The quantitative estimate of drug-likeness (QED) is 0.330. The maximum atomic E-state index is 11.4. The summed E-state index contributed by atoms with van der Waals surface area (Å²) in [5.74, 6) is -0.486. The third-order valence-corrected chi connectivity index (χ3v) is 2.57. The highest BCUT2D eigenvalue weighted by atomic mass is 16.5. The first-order valence-electron chi connectivity index (χ1n) is 7.57. The summed E-state index contributed by atoms with van der Waals surface area (Å²) in [6, 6.07) is 0. The molecule has 0 saturated heterocycles. The smallest absolute Gasteiger partial charge is 0.306 e. The molecule has 0 radical (unpaired) electrons. The third-order valence-electron chi connectivity index (χ3n) is 2.57. The van der Waals surface area contributed by atoms with E-state index in [1.165, 1.54) is 0 Å². The molecule has 4 heteroatoms. The van der Waals surface area contributed by atoms with Crippen molar-refractivity contribution in [3.05, 3.63) is 48.6 Å². The van der Waals surface area contributed by atoms with Crippen LogP contribution in [0.5, 0.6) is 0 Å². The second-order valence-corrected chi connectivity index (χ2v) is 4.48. The number of carbonyl (C=O) groups is 2. The summed E-state index contributed by atoms with van der Waals surface area (Å²) in [6.07, 6.45) is 16.6. The van der Waals surface area contributed by atoms with Crippen molar-refractivity contribution >= 4 is 11.9 Å². The van der Waals surface area contributed by atoms with Gasteiger partial charge in [-0.3, -0.25) is 9.59 Å². The summed E-state index contributed by atoms with van der Waals surface area (Å²) < 4.78 is 10.0. The molecule has 0 heterocycles. The van der Waals surface area contributed by atoms with E-state index in [4.69, 9.17) is 9.47 Å². The fourth-order valence-corrected chi connectivity index (χ4v) is 1.46. The predicted octanol–water partition coefficient (Wildman–Crippen LogP) is 3.90. The van der Waals surface area contributed by atoms with E-state index >= 15 is 0 Å². The lowest BCUT2D eigenvalue weighted by atomic mass is 10.2. The van der Waals surface area contributed by atoms with E-state index in [-0.39, 0.29) is 25.2 Å². The van der Waals surface area contributed by atoms with E-state index in [2.05, 4.69) is 0 Å². The van der Waals surface area contributed by atoms with E-state index in [9.17, 15) is 9.59 Å². The first-order chi connectivity index (χ1) is 10.7. The van der Waals surface area contributed by atoms with Crippen LogP contribution in [-0.2, 0) is 19.1 Å². The Morgan fingerprint density at radius 1 is 0.727 bits per heavy atom. The Kier molecular flexibility index (Phi) is 13.8. The topological polar surface area (TPSA) is 52.6 Å². The summed E-state index contributed by atoms with van der Waals surface area (Å²) >= 11 is 0. The number of hydrogen-bond acceptors (Lipinski definition) is 4. The number of ether oxygens (including phenoxy) is 2. The number of carbonyl (C=O) groups excluding carboxylic acids is 2. The van der Waals surface area contributed by atoms with Crippen molar-refractivity contribution in [3.8, 4) is 0 Å². The van der Waals surface area contributed by atoms with Gasteiger partial charge in [-0.2, -0.15) is 0 Å². The van der Waals surface area contributed by atoms with Gasteiger partial charge in [-0.15, -0.1) is 0 Å². The fourth-order valence-electron chi connectivity index (χ4n) is 1.46. The minimum Gasteiger partial charge on any atom is -0.461 e. The summed E-state index contributed by atoms with van der Waals surface area (Å²) in [4.78, 5) is 22.8. The molecule has 0 aliphatic rings. The molecule has 22 heavy (non-hydrogen) atoms. The molecule has 0 rings (SSSR count). The van der Waals surface area contributed by atoms with Gasteiger partial charge < -0.3 is 9.47 Å². The fraction of sp³-hybridized carbons (Fsp3) is 0.444. The number of hydrogen-bond donors (Lipinski definition) is 0. The van der Waals surface area contributed by atoms with Gasteiger partial charge in [0.15, 0.2) is 0 Å². The zero-order valence-electron chi connectivity index (χ0n) is 13.5. The zero-order valence-corrected chi connectivity index (χ0v) is 13.5. The molecule has 0 fully saturated rings. The maximum absolute atomic E-state index is 11.4. The standard InChI is InChI=1S/C18H26O4/c1-3-5-7-11-15-21-17(19)13-9-10-14-18(20)22-16-12-8-6-4-2/h3-8,11-12H,9-10,13-16H2,1-2H3/b5-3+,6-4+,11-7+,12-8+. The first-order valence-corrected chi connectivity index (χ1v) is 7.57. The largest absolute Gasteiger partial charge is 0.461 e. The summed E-state index contributed by atoms with van der Waals surface area (Å²) in [6.45, 7) is 4.40. The Morgan fingerprint density at radius 3 is 1.50 bits per heavy atom. The van der Waals surface area contributed by atoms with Crippen LogP contribution < -0.4 is 0 Å². The average molecular weight is 306 g/mol. The van der Waals surface area contributed by atoms with Crippen LogP contribution in [0.15, 0.2) is 48.6 Å². The molecule has 0 amide bonds. The molecule has 0 aliphatic carbocycles. The third kappa shape index (κ3) is 14.3. The van der Waals surface area contributed by atoms with E-state index < -0.39 is 0 Å². The van der Waals surface area contributed by atoms with Crippen LogP contribution in [0, 0.1) is 0 Å². The molecule has 0 bridgehead atoms. The lowest BCUT2D eigenvalue weighted by Gasteiger charge is -2.03. The second kappa shape index (κ2) is 15.3. The summed E-state index contributed by atoms with van der Waals surface area (Å²) in [5, 5.41) is 0. The molecule has 0 unspecified atom stereocenters. The van der Waals surface area contributed by atoms with Gasteiger partial charge in [-0.25, -0.2) is 0 Å².